The Labute approximate surface area is 148 Å². The van der Waals surface area contributed by atoms with Crippen molar-refractivity contribution >= 4 is 17.6 Å². The summed E-state index contributed by atoms with van der Waals surface area (Å²) < 4.78 is 5.00. The van der Waals surface area contributed by atoms with Crippen LogP contribution in [0.4, 0.5) is 0 Å². The molecule has 1 aromatic rings. The van der Waals surface area contributed by atoms with Crippen LogP contribution in [0.5, 0.6) is 0 Å². The minimum Gasteiger partial charge on any atom is -0.382 e. The fraction of sp³-hybridized carbons (Fsp3) is 0.526. The summed E-state index contributed by atoms with van der Waals surface area (Å²) in [5, 5.41) is 5.40. The maximum absolute atomic E-state index is 12.4. The molecule has 0 bridgehead atoms. The van der Waals surface area contributed by atoms with E-state index in [1.54, 1.807) is 0 Å². The van der Waals surface area contributed by atoms with E-state index >= 15 is 0 Å². The molecule has 25 heavy (non-hydrogen) atoms. The molecule has 1 aromatic carbocycles. The van der Waals surface area contributed by atoms with E-state index in [1.807, 2.05) is 30.3 Å². The number of Topliss-reactive ketones (excluding diaryl/α,β-unsaturated/α-hetero) is 1. The van der Waals surface area contributed by atoms with E-state index in [0.717, 1.165) is 31.2 Å². The number of nitrogens with one attached hydrogen (secondary N) is 2. The van der Waals surface area contributed by atoms with Crippen LogP contribution in [0.15, 0.2) is 30.3 Å². The van der Waals surface area contributed by atoms with E-state index in [4.69, 9.17) is 4.74 Å². The number of methoxy groups -OCH3 is 1. The second-order valence-corrected chi connectivity index (χ2v) is 6.41. The molecule has 6 heteroatoms. The lowest BCUT2D eigenvalue weighted by Gasteiger charge is -2.23. The Morgan fingerprint density at radius 2 is 1.80 bits per heavy atom. The molecular formula is C19H26N2O4. The molecule has 2 N–H and O–H groups in total. The molecule has 6 nitrogen and oxygen atoms in total. The number of amides is 2. The predicted octanol–water partition coefficient (Wildman–Crippen LogP) is 1.38. The fourth-order valence-electron chi connectivity index (χ4n) is 3.04. The summed E-state index contributed by atoms with van der Waals surface area (Å²) in [7, 11) is 1.43. The van der Waals surface area contributed by atoms with Gasteiger partial charge in [0.1, 0.15) is 6.04 Å². The predicted molar refractivity (Wildman–Crippen MR) is 94.0 cm³/mol. The minimum absolute atomic E-state index is 0.0303. The number of hydrogen-bond acceptors (Lipinski definition) is 4. The molecule has 0 unspecified atom stereocenters. The standard InChI is InChI=1S/C19H26N2O4/c1-25-13-16(21-17(22)12-14-8-4-2-5-9-14)18(23)19(24)20-15-10-6-3-7-11-15/h2,4-5,8-9,15-16H,3,6-7,10-13H2,1H3,(H,20,24)(H,21,22)/t16-/m0/s1. The molecule has 2 rings (SSSR count). The van der Waals surface area contributed by atoms with E-state index in [2.05, 4.69) is 10.6 Å². The molecule has 0 radical (unpaired) electrons. The van der Waals surface area contributed by atoms with Gasteiger partial charge in [-0.3, -0.25) is 14.4 Å². The molecule has 0 saturated heterocycles. The second-order valence-electron chi connectivity index (χ2n) is 6.41. The molecule has 1 saturated carbocycles. The third kappa shape index (κ3) is 6.31. The van der Waals surface area contributed by atoms with Gasteiger partial charge in [0.15, 0.2) is 0 Å². The van der Waals surface area contributed by atoms with Crippen molar-refractivity contribution in [3.8, 4) is 0 Å². The van der Waals surface area contributed by atoms with Crippen molar-refractivity contribution in [3.63, 3.8) is 0 Å². The maximum Gasteiger partial charge on any atom is 0.289 e. The highest BCUT2D eigenvalue weighted by Crippen LogP contribution is 2.17. The van der Waals surface area contributed by atoms with Crippen molar-refractivity contribution < 1.29 is 19.1 Å². The zero-order valence-electron chi connectivity index (χ0n) is 14.6. The largest absolute Gasteiger partial charge is 0.382 e. The zero-order chi connectivity index (χ0) is 18.1. The van der Waals surface area contributed by atoms with Gasteiger partial charge in [-0.2, -0.15) is 0 Å². The van der Waals surface area contributed by atoms with E-state index in [1.165, 1.54) is 13.5 Å². The Morgan fingerprint density at radius 1 is 1.12 bits per heavy atom. The first-order valence-corrected chi connectivity index (χ1v) is 8.77. The van der Waals surface area contributed by atoms with Crippen LogP contribution in [-0.4, -0.2) is 43.4 Å². The molecule has 1 atom stereocenters. The highest BCUT2D eigenvalue weighted by molar-refractivity contribution is 6.38. The highest BCUT2D eigenvalue weighted by Gasteiger charge is 2.28. The molecule has 136 valence electrons. The number of hydrogen-bond donors (Lipinski definition) is 2. The average Bonchev–Trinajstić information content (AvgIpc) is 2.62. The van der Waals surface area contributed by atoms with Crippen molar-refractivity contribution in [2.24, 2.45) is 0 Å². The molecule has 0 heterocycles. The molecule has 0 aliphatic heterocycles. The monoisotopic (exact) mass is 346 g/mol. The first-order valence-electron chi connectivity index (χ1n) is 8.77. The van der Waals surface area contributed by atoms with Gasteiger partial charge in [0, 0.05) is 13.2 Å². The van der Waals surface area contributed by atoms with Crippen LogP contribution < -0.4 is 10.6 Å². The first-order chi connectivity index (χ1) is 12.1. The lowest BCUT2D eigenvalue weighted by Crippen LogP contribution is -2.52. The summed E-state index contributed by atoms with van der Waals surface area (Å²) >= 11 is 0. The third-order valence-electron chi connectivity index (χ3n) is 4.36. The van der Waals surface area contributed by atoms with Crippen LogP contribution in [0.3, 0.4) is 0 Å². The van der Waals surface area contributed by atoms with Crippen molar-refractivity contribution in [1.82, 2.24) is 10.6 Å². The number of rotatable bonds is 8. The van der Waals surface area contributed by atoms with Gasteiger partial charge in [0.25, 0.3) is 5.91 Å². The number of benzene rings is 1. The van der Waals surface area contributed by atoms with Gasteiger partial charge in [-0.1, -0.05) is 49.6 Å². The summed E-state index contributed by atoms with van der Waals surface area (Å²) in [6.07, 6.45) is 5.24. The van der Waals surface area contributed by atoms with Crippen LogP contribution in [-0.2, 0) is 25.5 Å². The second kappa shape index (κ2) is 9.93. The van der Waals surface area contributed by atoms with Gasteiger partial charge >= 0.3 is 0 Å². The molecule has 1 fully saturated rings. The Bertz CT molecular complexity index is 582. The molecule has 1 aliphatic rings. The Hall–Kier alpha value is -2.21. The number of carbonyl (C=O) groups excluding carboxylic acids is 3. The highest BCUT2D eigenvalue weighted by atomic mass is 16.5. The normalized spacial score (nSPS) is 16.0. The summed E-state index contributed by atoms with van der Waals surface area (Å²) in [5.74, 6) is -1.62. The Balaban J connectivity index is 1.89. The molecule has 0 spiro atoms. The van der Waals surface area contributed by atoms with Gasteiger partial charge in [-0.15, -0.1) is 0 Å². The van der Waals surface area contributed by atoms with Gasteiger partial charge in [0.05, 0.1) is 13.0 Å². The summed E-state index contributed by atoms with van der Waals surface area (Å²) in [5.41, 5.74) is 0.843. The molecular weight excluding hydrogens is 320 g/mol. The van der Waals surface area contributed by atoms with E-state index in [-0.39, 0.29) is 25.0 Å². The van der Waals surface area contributed by atoms with E-state index in [0.29, 0.717) is 0 Å². The number of ether oxygens (including phenoxy) is 1. The summed E-state index contributed by atoms with van der Waals surface area (Å²) in [4.78, 5) is 36.8. The molecule has 2 amide bonds. The number of carbonyl (C=O) groups is 3. The average molecular weight is 346 g/mol. The Morgan fingerprint density at radius 3 is 2.44 bits per heavy atom. The zero-order valence-corrected chi connectivity index (χ0v) is 14.6. The van der Waals surface area contributed by atoms with Crippen molar-refractivity contribution in [2.75, 3.05) is 13.7 Å². The number of ketones is 1. The summed E-state index contributed by atoms with van der Waals surface area (Å²) in [6, 6.07) is 8.31. The minimum atomic E-state index is -0.968. The summed E-state index contributed by atoms with van der Waals surface area (Å²) in [6.45, 7) is -0.0303. The van der Waals surface area contributed by atoms with Crippen LogP contribution in [0.25, 0.3) is 0 Å². The van der Waals surface area contributed by atoms with Gasteiger partial charge in [-0.05, 0) is 18.4 Å². The lowest BCUT2D eigenvalue weighted by atomic mass is 9.95. The van der Waals surface area contributed by atoms with Gasteiger partial charge in [0.2, 0.25) is 11.7 Å². The van der Waals surface area contributed by atoms with Crippen LogP contribution in [0.1, 0.15) is 37.7 Å². The quantitative estimate of drug-likeness (QED) is 0.697. The molecule has 1 aliphatic carbocycles. The SMILES string of the molecule is COC[C@H](NC(=O)Cc1ccccc1)C(=O)C(=O)NC1CCCCC1. The van der Waals surface area contributed by atoms with Crippen molar-refractivity contribution in [2.45, 2.75) is 50.6 Å². The van der Waals surface area contributed by atoms with E-state index in [9.17, 15) is 14.4 Å². The topological polar surface area (TPSA) is 84.5 Å². The Kier molecular flexibility index (Phi) is 7.60. The van der Waals surface area contributed by atoms with Crippen LogP contribution >= 0.6 is 0 Å². The van der Waals surface area contributed by atoms with E-state index < -0.39 is 17.7 Å². The lowest BCUT2D eigenvalue weighted by molar-refractivity contribution is -0.141. The maximum atomic E-state index is 12.4. The van der Waals surface area contributed by atoms with Crippen LogP contribution in [0, 0.1) is 0 Å². The first kappa shape index (κ1) is 19.1. The third-order valence-corrected chi connectivity index (χ3v) is 4.36. The smallest absolute Gasteiger partial charge is 0.289 e. The van der Waals surface area contributed by atoms with Crippen molar-refractivity contribution in [3.05, 3.63) is 35.9 Å². The fourth-order valence-corrected chi connectivity index (χ4v) is 3.04. The van der Waals surface area contributed by atoms with Crippen molar-refractivity contribution in [1.29, 1.82) is 0 Å². The van der Waals surface area contributed by atoms with Crippen LogP contribution in [0.2, 0.25) is 0 Å². The van der Waals surface area contributed by atoms with Gasteiger partial charge < -0.3 is 15.4 Å². The van der Waals surface area contributed by atoms with Gasteiger partial charge in [-0.25, -0.2) is 0 Å². The molecule has 0 aromatic heterocycles.